The Morgan fingerprint density at radius 1 is 0.931 bits per heavy atom. The Balaban J connectivity index is 1.43. The number of nitrogens with one attached hydrogen (secondary N) is 2. The number of amides is 1. The van der Waals surface area contributed by atoms with Gasteiger partial charge in [0.2, 0.25) is 0 Å². The van der Waals surface area contributed by atoms with Crippen LogP contribution in [0.2, 0.25) is 5.15 Å². The fourth-order valence-electron chi connectivity index (χ4n) is 2.33. The van der Waals surface area contributed by atoms with Crippen LogP contribution in [0.4, 0.5) is 5.69 Å². The second-order valence-corrected chi connectivity index (χ2v) is 6.61. The van der Waals surface area contributed by atoms with E-state index in [9.17, 15) is 4.79 Å². The van der Waals surface area contributed by atoms with Gasteiger partial charge < -0.3 is 14.8 Å². The number of para-hydroxylation sites is 1. The molecule has 0 atom stereocenters. The summed E-state index contributed by atoms with van der Waals surface area (Å²) in [5.74, 6) is 1.11. The lowest BCUT2D eigenvalue weighted by molar-refractivity contribution is 0.0977. The van der Waals surface area contributed by atoms with Crippen molar-refractivity contribution >= 4 is 40.5 Å². The van der Waals surface area contributed by atoms with Gasteiger partial charge in [0.05, 0.1) is 11.9 Å². The highest BCUT2D eigenvalue weighted by molar-refractivity contribution is 7.80. The van der Waals surface area contributed by atoms with Crippen molar-refractivity contribution in [2.75, 3.05) is 18.5 Å². The molecule has 0 aliphatic rings. The molecule has 0 aliphatic carbocycles. The largest absolute Gasteiger partial charge is 0.490 e. The highest BCUT2D eigenvalue weighted by Crippen LogP contribution is 2.13. The van der Waals surface area contributed by atoms with Crippen molar-refractivity contribution in [3.05, 3.63) is 83.6 Å². The van der Waals surface area contributed by atoms with Crippen molar-refractivity contribution in [3.8, 4) is 11.5 Å². The number of carbonyl (C=O) groups excluding carboxylic acids is 1. The first-order valence-electron chi connectivity index (χ1n) is 8.75. The quantitative estimate of drug-likeness (QED) is 0.332. The van der Waals surface area contributed by atoms with Gasteiger partial charge in [-0.2, -0.15) is 0 Å². The van der Waals surface area contributed by atoms with E-state index in [0.29, 0.717) is 35.4 Å². The number of thiocarbonyl (C=S) groups is 1. The number of anilines is 1. The Bertz CT molecular complexity index is 951. The molecule has 6 nitrogen and oxygen atoms in total. The number of halogens is 1. The van der Waals surface area contributed by atoms with Crippen molar-refractivity contribution in [1.29, 1.82) is 0 Å². The fourth-order valence-corrected chi connectivity index (χ4v) is 2.65. The standard InChI is InChI=1S/C21H18ClN3O3S/c22-19-11-8-16(14-23-19)24-21(29)25-20(26)15-6-9-18(10-7-15)28-13-12-27-17-4-2-1-3-5-17/h1-11,14H,12-13H2,(H2,24,25,26,29). The number of ether oxygens (including phenoxy) is 2. The smallest absolute Gasteiger partial charge is 0.257 e. The summed E-state index contributed by atoms with van der Waals surface area (Å²) >= 11 is 10.9. The van der Waals surface area contributed by atoms with Crippen LogP contribution in [-0.4, -0.2) is 29.2 Å². The topological polar surface area (TPSA) is 72.5 Å². The summed E-state index contributed by atoms with van der Waals surface area (Å²) in [7, 11) is 0. The molecule has 0 fully saturated rings. The highest BCUT2D eigenvalue weighted by atomic mass is 35.5. The second-order valence-electron chi connectivity index (χ2n) is 5.81. The normalized spacial score (nSPS) is 10.1. The van der Waals surface area contributed by atoms with Gasteiger partial charge in [0, 0.05) is 5.56 Å². The first-order valence-corrected chi connectivity index (χ1v) is 9.53. The number of benzene rings is 2. The summed E-state index contributed by atoms with van der Waals surface area (Å²) in [5.41, 5.74) is 1.08. The summed E-state index contributed by atoms with van der Waals surface area (Å²) in [6, 6.07) is 19.6. The lowest BCUT2D eigenvalue weighted by Crippen LogP contribution is -2.34. The van der Waals surface area contributed by atoms with Crippen LogP contribution in [-0.2, 0) is 0 Å². The third-order valence-electron chi connectivity index (χ3n) is 3.69. The van der Waals surface area contributed by atoms with Crippen LogP contribution in [0.15, 0.2) is 72.9 Å². The predicted molar refractivity (Wildman–Crippen MR) is 117 cm³/mol. The molecule has 0 aliphatic heterocycles. The fraction of sp³-hybridized carbons (Fsp3) is 0.0952. The minimum absolute atomic E-state index is 0.164. The van der Waals surface area contributed by atoms with Gasteiger partial charge in [-0.3, -0.25) is 10.1 Å². The summed E-state index contributed by atoms with van der Waals surface area (Å²) in [6.07, 6.45) is 1.52. The maximum atomic E-state index is 12.3. The number of carbonyl (C=O) groups is 1. The first-order chi connectivity index (χ1) is 14.1. The van der Waals surface area contributed by atoms with Gasteiger partial charge in [-0.25, -0.2) is 4.98 Å². The van der Waals surface area contributed by atoms with Gasteiger partial charge in [-0.15, -0.1) is 0 Å². The molecule has 2 aromatic carbocycles. The molecule has 8 heteroatoms. The van der Waals surface area contributed by atoms with E-state index in [2.05, 4.69) is 15.6 Å². The molecule has 1 amide bonds. The number of hydrogen-bond acceptors (Lipinski definition) is 5. The molecule has 0 spiro atoms. The molecule has 3 aromatic rings. The lowest BCUT2D eigenvalue weighted by Gasteiger charge is -2.10. The van der Waals surface area contributed by atoms with Crippen LogP contribution in [0.5, 0.6) is 11.5 Å². The molecular weight excluding hydrogens is 410 g/mol. The van der Waals surface area contributed by atoms with Gasteiger partial charge in [0.15, 0.2) is 5.11 Å². The zero-order valence-corrected chi connectivity index (χ0v) is 16.9. The zero-order chi connectivity index (χ0) is 20.5. The lowest BCUT2D eigenvalue weighted by atomic mass is 10.2. The molecule has 2 N–H and O–H groups in total. The summed E-state index contributed by atoms with van der Waals surface area (Å²) in [5, 5.41) is 6.02. The van der Waals surface area contributed by atoms with E-state index in [1.165, 1.54) is 6.20 Å². The maximum absolute atomic E-state index is 12.3. The van der Waals surface area contributed by atoms with Crippen molar-refractivity contribution in [1.82, 2.24) is 10.3 Å². The predicted octanol–water partition coefficient (Wildman–Crippen LogP) is 4.32. The summed E-state index contributed by atoms with van der Waals surface area (Å²) in [4.78, 5) is 16.2. The minimum atomic E-state index is -0.330. The van der Waals surface area contributed by atoms with E-state index in [0.717, 1.165) is 5.75 Å². The molecule has 0 saturated heterocycles. The van der Waals surface area contributed by atoms with Crippen LogP contribution in [0.25, 0.3) is 0 Å². The molecule has 3 rings (SSSR count). The van der Waals surface area contributed by atoms with E-state index in [4.69, 9.17) is 33.3 Å². The Hall–Kier alpha value is -3.16. The van der Waals surface area contributed by atoms with Crippen LogP contribution in [0.3, 0.4) is 0 Å². The van der Waals surface area contributed by atoms with Gasteiger partial charge in [-0.05, 0) is 60.7 Å². The summed E-state index contributed by atoms with van der Waals surface area (Å²) < 4.78 is 11.2. The van der Waals surface area contributed by atoms with E-state index < -0.39 is 0 Å². The van der Waals surface area contributed by atoms with Crippen molar-refractivity contribution in [3.63, 3.8) is 0 Å². The number of hydrogen-bond donors (Lipinski definition) is 2. The van der Waals surface area contributed by atoms with Gasteiger partial charge in [0.25, 0.3) is 5.91 Å². The van der Waals surface area contributed by atoms with Gasteiger partial charge >= 0.3 is 0 Å². The zero-order valence-electron chi connectivity index (χ0n) is 15.3. The van der Waals surface area contributed by atoms with Gasteiger partial charge in [0.1, 0.15) is 29.9 Å². The molecule has 0 radical (unpaired) electrons. The Kier molecular flexibility index (Phi) is 7.38. The van der Waals surface area contributed by atoms with Crippen LogP contribution >= 0.6 is 23.8 Å². The van der Waals surface area contributed by atoms with E-state index in [1.54, 1.807) is 36.4 Å². The molecule has 29 heavy (non-hydrogen) atoms. The maximum Gasteiger partial charge on any atom is 0.257 e. The van der Waals surface area contributed by atoms with Gasteiger partial charge in [-0.1, -0.05) is 29.8 Å². The summed E-state index contributed by atoms with van der Waals surface area (Å²) in [6.45, 7) is 0.815. The molecule has 1 aromatic heterocycles. The first kappa shape index (κ1) is 20.6. The van der Waals surface area contributed by atoms with Crippen LogP contribution in [0.1, 0.15) is 10.4 Å². The Morgan fingerprint density at radius 3 is 2.21 bits per heavy atom. The van der Waals surface area contributed by atoms with E-state index >= 15 is 0 Å². The number of pyridine rings is 1. The molecule has 0 unspecified atom stereocenters. The Morgan fingerprint density at radius 2 is 1.59 bits per heavy atom. The average Bonchev–Trinajstić information content (AvgIpc) is 2.74. The molecule has 0 saturated carbocycles. The third kappa shape index (κ3) is 6.74. The third-order valence-corrected chi connectivity index (χ3v) is 4.12. The monoisotopic (exact) mass is 427 g/mol. The van der Waals surface area contributed by atoms with Crippen molar-refractivity contribution in [2.24, 2.45) is 0 Å². The van der Waals surface area contributed by atoms with Crippen LogP contribution < -0.4 is 20.1 Å². The van der Waals surface area contributed by atoms with Crippen molar-refractivity contribution < 1.29 is 14.3 Å². The Labute approximate surface area is 178 Å². The number of nitrogens with zero attached hydrogens (tertiary/aromatic N) is 1. The number of aromatic nitrogens is 1. The van der Waals surface area contributed by atoms with E-state index in [1.807, 2.05) is 30.3 Å². The second kappa shape index (κ2) is 10.4. The van der Waals surface area contributed by atoms with Crippen LogP contribution in [0, 0.1) is 0 Å². The molecular formula is C21H18ClN3O3S. The number of rotatable bonds is 7. The molecule has 0 bridgehead atoms. The SMILES string of the molecule is O=C(NC(=S)Nc1ccc(Cl)nc1)c1ccc(OCCOc2ccccc2)cc1. The average molecular weight is 428 g/mol. The molecule has 148 valence electrons. The molecule has 1 heterocycles. The van der Waals surface area contributed by atoms with Crippen molar-refractivity contribution in [2.45, 2.75) is 0 Å². The highest BCUT2D eigenvalue weighted by Gasteiger charge is 2.08. The minimum Gasteiger partial charge on any atom is -0.490 e. The van der Waals surface area contributed by atoms with E-state index in [-0.39, 0.29) is 11.0 Å².